The SMILES string of the molecule is NCC1CC(=O)N(c2ccc(C(=O)c3ccccc3)cc2)C1. The van der Waals surface area contributed by atoms with E-state index in [9.17, 15) is 9.59 Å². The van der Waals surface area contributed by atoms with Crippen LogP contribution in [0, 0.1) is 5.92 Å². The number of anilines is 1. The van der Waals surface area contributed by atoms with Crippen LogP contribution in [0.25, 0.3) is 0 Å². The van der Waals surface area contributed by atoms with Gasteiger partial charge in [-0.3, -0.25) is 9.59 Å². The normalized spacial score (nSPS) is 17.8. The zero-order valence-corrected chi connectivity index (χ0v) is 12.2. The van der Waals surface area contributed by atoms with Crippen molar-refractivity contribution in [2.24, 2.45) is 11.7 Å². The van der Waals surface area contributed by atoms with Gasteiger partial charge < -0.3 is 10.6 Å². The van der Waals surface area contributed by atoms with Crippen LogP contribution < -0.4 is 10.6 Å². The summed E-state index contributed by atoms with van der Waals surface area (Å²) in [7, 11) is 0. The molecule has 0 aromatic heterocycles. The Morgan fingerprint density at radius 3 is 2.27 bits per heavy atom. The van der Waals surface area contributed by atoms with Crippen molar-refractivity contribution >= 4 is 17.4 Å². The van der Waals surface area contributed by atoms with Crippen molar-refractivity contribution in [1.29, 1.82) is 0 Å². The number of hydrogen-bond donors (Lipinski definition) is 1. The lowest BCUT2D eigenvalue weighted by Gasteiger charge is -2.16. The number of rotatable bonds is 4. The molecule has 0 bridgehead atoms. The van der Waals surface area contributed by atoms with E-state index in [-0.39, 0.29) is 17.6 Å². The molecule has 22 heavy (non-hydrogen) atoms. The van der Waals surface area contributed by atoms with Gasteiger partial charge in [0.2, 0.25) is 5.91 Å². The molecule has 2 aromatic rings. The van der Waals surface area contributed by atoms with Crippen molar-refractivity contribution in [3.63, 3.8) is 0 Å². The number of carbonyl (C=O) groups is 2. The summed E-state index contributed by atoms with van der Waals surface area (Å²) in [5.41, 5.74) is 7.75. The van der Waals surface area contributed by atoms with Gasteiger partial charge in [0.1, 0.15) is 0 Å². The van der Waals surface area contributed by atoms with E-state index in [1.165, 1.54) is 0 Å². The molecular formula is C18H18N2O2. The van der Waals surface area contributed by atoms with Crippen molar-refractivity contribution in [3.8, 4) is 0 Å². The zero-order chi connectivity index (χ0) is 15.5. The number of carbonyl (C=O) groups excluding carboxylic acids is 2. The Morgan fingerprint density at radius 1 is 1.05 bits per heavy atom. The lowest BCUT2D eigenvalue weighted by atomic mass is 10.0. The third kappa shape index (κ3) is 2.78. The number of nitrogens with zero attached hydrogens (tertiary/aromatic N) is 1. The second-order valence-electron chi connectivity index (χ2n) is 5.55. The molecule has 1 aliphatic rings. The number of benzene rings is 2. The molecule has 1 saturated heterocycles. The van der Waals surface area contributed by atoms with E-state index in [4.69, 9.17) is 5.73 Å². The van der Waals surface area contributed by atoms with Gasteiger partial charge in [0.15, 0.2) is 5.78 Å². The van der Waals surface area contributed by atoms with Crippen molar-refractivity contribution in [2.45, 2.75) is 6.42 Å². The van der Waals surface area contributed by atoms with Gasteiger partial charge in [0.25, 0.3) is 0 Å². The molecule has 0 saturated carbocycles. The maximum Gasteiger partial charge on any atom is 0.227 e. The number of nitrogens with two attached hydrogens (primary N) is 1. The monoisotopic (exact) mass is 294 g/mol. The molecule has 2 aromatic carbocycles. The van der Waals surface area contributed by atoms with Crippen LogP contribution in [-0.2, 0) is 4.79 Å². The van der Waals surface area contributed by atoms with Gasteiger partial charge in [-0.1, -0.05) is 30.3 Å². The fourth-order valence-corrected chi connectivity index (χ4v) is 2.74. The first kappa shape index (κ1) is 14.5. The summed E-state index contributed by atoms with van der Waals surface area (Å²) >= 11 is 0. The van der Waals surface area contributed by atoms with Crippen LogP contribution in [0.15, 0.2) is 54.6 Å². The van der Waals surface area contributed by atoms with E-state index in [0.717, 1.165) is 5.69 Å². The van der Waals surface area contributed by atoms with Gasteiger partial charge in [-0.05, 0) is 36.7 Å². The molecule has 4 nitrogen and oxygen atoms in total. The van der Waals surface area contributed by atoms with E-state index in [1.807, 2.05) is 30.3 Å². The molecule has 1 heterocycles. The van der Waals surface area contributed by atoms with Crippen molar-refractivity contribution in [1.82, 2.24) is 0 Å². The molecule has 1 atom stereocenters. The molecular weight excluding hydrogens is 276 g/mol. The summed E-state index contributed by atoms with van der Waals surface area (Å²) in [6.07, 6.45) is 0.501. The molecule has 2 N–H and O–H groups in total. The summed E-state index contributed by atoms with van der Waals surface area (Å²) in [4.78, 5) is 26.1. The summed E-state index contributed by atoms with van der Waals surface area (Å²) in [6, 6.07) is 16.4. The number of ketones is 1. The smallest absolute Gasteiger partial charge is 0.227 e. The first-order chi connectivity index (χ1) is 10.7. The summed E-state index contributed by atoms with van der Waals surface area (Å²) in [5, 5.41) is 0. The maximum absolute atomic E-state index is 12.3. The van der Waals surface area contributed by atoms with Crippen LogP contribution in [0.5, 0.6) is 0 Å². The zero-order valence-electron chi connectivity index (χ0n) is 12.2. The Bertz CT molecular complexity index is 680. The van der Waals surface area contributed by atoms with Crippen molar-refractivity contribution < 1.29 is 9.59 Å². The second kappa shape index (κ2) is 6.12. The maximum atomic E-state index is 12.3. The van der Waals surface area contributed by atoms with Crippen LogP contribution in [0.2, 0.25) is 0 Å². The van der Waals surface area contributed by atoms with Crippen LogP contribution in [-0.4, -0.2) is 24.8 Å². The van der Waals surface area contributed by atoms with Crippen molar-refractivity contribution in [3.05, 3.63) is 65.7 Å². The van der Waals surface area contributed by atoms with E-state index < -0.39 is 0 Å². The molecule has 112 valence electrons. The Hall–Kier alpha value is -2.46. The summed E-state index contributed by atoms with van der Waals surface area (Å²) in [5.74, 6) is 0.301. The van der Waals surface area contributed by atoms with E-state index in [2.05, 4.69) is 0 Å². The van der Waals surface area contributed by atoms with Gasteiger partial charge in [-0.15, -0.1) is 0 Å². The molecule has 0 aliphatic carbocycles. The Morgan fingerprint density at radius 2 is 1.68 bits per heavy atom. The summed E-state index contributed by atoms with van der Waals surface area (Å²) in [6.45, 7) is 1.17. The second-order valence-corrected chi connectivity index (χ2v) is 5.55. The molecule has 1 amide bonds. The Kier molecular flexibility index (Phi) is 4.02. The van der Waals surface area contributed by atoms with Gasteiger partial charge in [-0.25, -0.2) is 0 Å². The van der Waals surface area contributed by atoms with Crippen LogP contribution in [0.4, 0.5) is 5.69 Å². The first-order valence-corrected chi connectivity index (χ1v) is 7.39. The van der Waals surface area contributed by atoms with Crippen molar-refractivity contribution in [2.75, 3.05) is 18.0 Å². The van der Waals surface area contributed by atoms with E-state index in [0.29, 0.717) is 30.6 Å². The van der Waals surface area contributed by atoms with Gasteiger partial charge in [0.05, 0.1) is 0 Å². The average Bonchev–Trinajstić information content (AvgIpc) is 2.96. The topological polar surface area (TPSA) is 63.4 Å². The minimum Gasteiger partial charge on any atom is -0.330 e. The molecule has 0 radical (unpaired) electrons. The lowest BCUT2D eigenvalue weighted by Crippen LogP contribution is -2.25. The van der Waals surface area contributed by atoms with Crippen LogP contribution in [0.1, 0.15) is 22.3 Å². The highest BCUT2D eigenvalue weighted by atomic mass is 16.2. The minimum absolute atomic E-state index is 0.0141. The van der Waals surface area contributed by atoms with Crippen LogP contribution in [0.3, 0.4) is 0 Å². The average molecular weight is 294 g/mol. The van der Waals surface area contributed by atoms with Crippen LogP contribution >= 0.6 is 0 Å². The van der Waals surface area contributed by atoms with Gasteiger partial charge in [-0.2, -0.15) is 0 Å². The molecule has 1 unspecified atom stereocenters. The molecule has 1 aliphatic heterocycles. The van der Waals surface area contributed by atoms with Gasteiger partial charge in [0, 0.05) is 29.8 Å². The predicted molar refractivity (Wildman–Crippen MR) is 85.8 cm³/mol. The fourth-order valence-electron chi connectivity index (χ4n) is 2.74. The third-order valence-electron chi connectivity index (χ3n) is 4.02. The number of hydrogen-bond acceptors (Lipinski definition) is 3. The molecule has 4 heteroatoms. The predicted octanol–water partition coefficient (Wildman–Crippen LogP) is 2.23. The third-order valence-corrected chi connectivity index (χ3v) is 4.02. The molecule has 3 rings (SSSR count). The molecule has 1 fully saturated rings. The highest BCUT2D eigenvalue weighted by Crippen LogP contribution is 2.25. The Balaban J connectivity index is 1.79. The lowest BCUT2D eigenvalue weighted by molar-refractivity contribution is -0.117. The van der Waals surface area contributed by atoms with E-state index >= 15 is 0 Å². The largest absolute Gasteiger partial charge is 0.330 e. The standard InChI is InChI=1S/C18H18N2O2/c19-11-13-10-17(21)20(12-13)16-8-6-15(7-9-16)18(22)14-4-2-1-3-5-14/h1-9,13H,10-12,19H2. The molecule has 0 spiro atoms. The fraction of sp³-hybridized carbons (Fsp3) is 0.222. The minimum atomic E-state index is -0.0141. The quantitative estimate of drug-likeness (QED) is 0.880. The number of amides is 1. The first-order valence-electron chi connectivity index (χ1n) is 7.39. The highest BCUT2D eigenvalue weighted by Gasteiger charge is 2.29. The highest BCUT2D eigenvalue weighted by molar-refractivity contribution is 6.09. The Labute approximate surface area is 129 Å². The summed E-state index contributed by atoms with van der Waals surface area (Å²) < 4.78 is 0. The van der Waals surface area contributed by atoms with Gasteiger partial charge >= 0.3 is 0 Å². The van der Waals surface area contributed by atoms with E-state index in [1.54, 1.807) is 29.2 Å².